The molecule has 2 aromatic rings. The minimum Gasteiger partial charge on any atom is -0.498 e. The molecule has 0 fully saturated rings. The van der Waals surface area contributed by atoms with Gasteiger partial charge in [0.05, 0.1) is 7.11 Å². The third-order valence-corrected chi connectivity index (χ3v) is 1.55. The molecule has 0 aliphatic heterocycles. The maximum Gasteiger partial charge on any atom is 3.00 e. The molecule has 0 bridgehead atoms. The number of hydrogen-bond acceptors (Lipinski definition) is 2. The van der Waals surface area contributed by atoms with Gasteiger partial charge in [0.2, 0.25) is 0 Å². The molecule has 0 amide bonds. The van der Waals surface area contributed by atoms with Gasteiger partial charge in [0.25, 0.3) is 0 Å². The molecule has 0 radical (unpaired) electrons. The predicted molar refractivity (Wildman–Crippen MR) is 53.4 cm³/mol. The van der Waals surface area contributed by atoms with Gasteiger partial charge in [0.1, 0.15) is 5.75 Å². The second-order valence-electron chi connectivity index (χ2n) is 2.21. The Labute approximate surface area is 95.3 Å². The summed E-state index contributed by atoms with van der Waals surface area (Å²) in [6.07, 6.45) is 4.58. The van der Waals surface area contributed by atoms with Gasteiger partial charge in [-0.25, -0.2) is 0 Å². The second-order valence-corrected chi connectivity index (χ2v) is 2.21. The quantitative estimate of drug-likeness (QED) is 0.708. The molecule has 0 aliphatic carbocycles. The normalized spacial score (nSPS) is 8.07. The monoisotopic (exact) mass is 236 g/mol. The van der Waals surface area contributed by atoms with E-state index in [2.05, 4.69) is 11.3 Å². The van der Waals surface area contributed by atoms with Gasteiger partial charge < -0.3 is 29.2 Å². The summed E-state index contributed by atoms with van der Waals surface area (Å²) in [5.74, 6) is 0.839. The molecular weight excluding hydrogens is 223 g/mol. The van der Waals surface area contributed by atoms with Crippen molar-refractivity contribution >= 4 is 5.52 Å². The molecule has 0 atom stereocenters. The number of aromatic nitrogens is 2. The number of hydrogen-bond donors (Lipinski definition) is 0. The predicted octanol–water partition coefficient (Wildman–Crippen LogP) is 2.04. The molecule has 0 aromatic carbocycles. The molecule has 0 saturated carbocycles. The Morgan fingerprint density at radius 2 is 2.14 bits per heavy atom. The summed E-state index contributed by atoms with van der Waals surface area (Å²) in [7, 11) is 1.64. The van der Waals surface area contributed by atoms with Crippen molar-refractivity contribution in [2.45, 2.75) is 0 Å². The van der Waals surface area contributed by atoms with Gasteiger partial charge in [-0.05, 0) is 6.07 Å². The van der Waals surface area contributed by atoms with Crippen LogP contribution in [-0.2, 0) is 16.8 Å². The van der Waals surface area contributed by atoms with Gasteiger partial charge in [-0.15, -0.1) is 6.20 Å². The first kappa shape index (κ1) is 15.5. The van der Waals surface area contributed by atoms with Crippen molar-refractivity contribution in [3.8, 4) is 5.75 Å². The van der Waals surface area contributed by atoms with Crippen molar-refractivity contribution in [2.24, 2.45) is 0 Å². The number of ether oxygens (including phenoxy) is 1. The van der Waals surface area contributed by atoms with Crippen LogP contribution in [0.5, 0.6) is 5.75 Å². The van der Waals surface area contributed by atoms with Gasteiger partial charge >= 0.3 is 16.8 Å². The first-order valence-corrected chi connectivity index (χ1v) is 3.29. The van der Waals surface area contributed by atoms with Crippen LogP contribution in [0.1, 0.15) is 0 Å². The van der Waals surface area contributed by atoms with Gasteiger partial charge in [-0.1, -0.05) is 11.6 Å². The minimum atomic E-state index is 0. The summed E-state index contributed by atoms with van der Waals surface area (Å²) in [5.41, 5.74) is 0.990. The molecular formula is C10H13CoN2O. The number of methoxy groups -OCH3 is 1. The zero-order chi connectivity index (χ0) is 7.68. The molecule has 0 aliphatic rings. The van der Waals surface area contributed by atoms with Crippen molar-refractivity contribution < 1.29 is 21.5 Å². The number of rotatable bonds is 1. The topological polar surface area (TPSA) is 26.5 Å². The average Bonchev–Trinajstić information content (AvgIpc) is 2.50. The molecule has 0 saturated heterocycles. The Kier molecular flexibility index (Phi) is 7.13. The van der Waals surface area contributed by atoms with Crippen LogP contribution in [0.25, 0.3) is 5.52 Å². The molecule has 78 valence electrons. The van der Waals surface area contributed by atoms with Crippen molar-refractivity contribution in [3.63, 3.8) is 0 Å². The van der Waals surface area contributed by atoms with Crippen LogP contribution >= 0.6 is 0 Å². The van der Waals surface area contributed by atoms with Crippen molar-refractivity contribution in [3.05, 3.63) is 45.4 Å². The van der Waals surface area contributed by atoms with Gasteiger partial charge in [-0.2, -0.15) is 6.07 Å². The molecule has 4 heteroatoms. The fourth-order valence-electron chi connectivity index (χ4n) is 0.973. The van der Waals surface area contributed by atoms with Crippen LogP contribution in [0.3, 0.4) is 0 Å². The molecule has 0 unspecified atom stereocenters. The molecule has 3 nitrogen and oxygen atoms in total. The van der Waals surface area contributed by atoms with Crippen LogP contribution in [0.15, 0.2) is 24.4 Å². The zero-order valence-corrected chi connectivity index (χ0v) is 9.49. The van der Waals surface area contributed by atoms with E-state index in [-0.39, 0.29) is 31.6 Å². The Morgan fingerprint density at radius 1 is 1.43 bits per heavy atom. The maximum atomic E-state index is 5.04. The summed E-state index contributed by atoms with van der Waals surface area (Å²) in [5, 5.41) is 3.93. The van der Waals surface area contributed by atoms with Crippen molar-refractivity contribution in [1.29, 1.82) is 0 Å². The van der Waals surface area contributed by atoms with Gasteiger partial charge in [0, 0.05) is 6.20 Å². The number of fused-ring (bicyclic) bond motifs is 1. The summed E-state index contributed by atoms with van der Waals surface area (Å²) in [6.45, 7) is 0. The molecule has 2 rings (SSSR count). The molecule has 0 N–H and O–H groups in total. The van der Waals surface area contributed by atoms with Crippen LogP contribution in [0.4, 0.5) is 0 Å². The van der Waals surface area contributed by atoms with E-state index in [1.54, 1.807) is 11.6 Å². The van der Waals surface area contributed by atoms with E-state index >= 15 is 0 Å². The number of pyridine rings is 1. The maximum absolute atomic E-state index is 5.04. The molecule has 0 spiro atoms. The SMILES string of the molecule is COc1ccn2n[c-]cc2c1.[CH3-].[CH3-].[Co+3]. The summed E-state index contributed by atoms with van der Waals surface area (Å²) >= 11 is 0. The molecule has 14 heavy (non-hydrogen) atoms. The first-order valence-electron chi connectivity index (χ1n) is 3.29. The molecule has 2 aromatic heterocycles. The van der Waals surface area contributed by atoms with Crippen LogP contribution in [0, 0.1) is 21.1 Å². The van der Waals surface area contributed by atoms with Crippen LogP contribution < -0.4 is 4.74 Å². The van der Waals surface area contributed by atoms with Gasteiger partial charge in [0.15, 0.2) is 0 Å². The Balaban J connectivity index is 0. The average molecular weight is 236 g/mol. The molecule has 2 heterocycles. The van der Waals surface area contributed by atoms with Crippen molar-refractivity contribution in [2.75, 3.05) is 7.11 Å². The van der Waals surface area contributed by atoms with E-state index < -0.39 is 0 Å². The summed E-state index contributed by atoms with van der Waals surface area (Å²) < 4.78 is 6.78. The van der Waals surface area contributed by atoms with E-state index in [0.29, 0.717) is 0 Å². The van der Waals surface area contributed by atoms with E-state index in [1.165, 1.54) is 0 Å². The van der Waals surface area contributed by atoms with Crippen molar-refractivity contribution in [1.82, 2.24) is 9.61 Å². The van der Waals surface area contributed by atoms with E-state index in [9.17, 15) is 0 Å². The van der Waals surface area contributed by atoms with E-state index in [4.69, 9.17) is 4.74 Å². The van der Waals surface area contributed by atoms with E-state index in [0.717, 1.165) is 11.3 Å². The Bertz CT molecular complexity index is 373. The third kappa shape index (κ3) is 2.75. The van der Waals surface area contributed by atoms with Crippen LogP contribution in [-0.4, -0.2) is 16.7 Å². The van der Waals surface area contributed by atoms with E-state index in [1.807, 2.05) is 24.4 Å². The third-order valence-electron chi connectivity index (χ3n) is 1.55. The largest absolute Gasteiger partial charge is 3.00 e. The fraction of sp³-hybridized carbons (Fsp3) is 0.100. The van der Waals surface area contributed by atoms with Crippen LogP contribution in [0.2, 0.25) is 0 Å². The van der Waals surface area contributed by atoms with Gasteiger partial charge in [-0.3, -0.25) is 0 Å². The summed E-state index contributed by atoms with van der Waals surface area (Å²) in [4.78, 5) is 0. The Hall–Kier alpha value is -1.00. The zero-order valence-electron chi connectivity index (χ0n) is 8.45. The standard InChI is InChI=1S/C8H7N2O.2CH3.Co/c1-11-8-3-5-10-7(6-8)2-4-9-10;;;/h2-3,5-6H,1H3;2*1H3;/q3*-1;+3. The smallest absolute Gasteiger partial charge is 0.498 e. The Morgan fingerprint density at radius 3 is 2.79 bits per heavy atom. The first-order chi connectivity index (χ1) is 5.40. The minimum absolute atomic E-state index is 0. The number of nitrogens with zero attached hydrogens (tertiary/aromatic N) is 2. The second kappa shape index (κ2) is 6.45. The summed E-state index contributed by atoms with van der Waals surface area (Å²) in [6, 6.07) is 5.57. The fourth-order valence-corrected chi connectivity index (χ4v) is 0.973.